The Balaban J connectivity index is 1.83. The van der Waals surface area contributed by atoms with E-state index in [-0.39, 0.29) is 18.4 Å². The molecule has 0 aliphatic heterocycles. The summed E-state index contributed by atoms with van der Waals surface area (Å²) in [7, 11) is 0. The smallest absolute Gasteiger partial charge is 0.251 e. The molecule has 0 saturated heterocycles. The summed E-state index contributed by atoms with van der Waals surface area (Å²) in [5.41, 5.74) is 3.81. The van der Waals surface area contributed by atoms with Gasteiger partial charge in [-0.3, -0.25) is 9.59 Å². The van der Waals surface area contributed by atoms with Gasteiger partial charge in [-0.2, -0.15) is 0 Å². The van der Waals surface area contributed by atoms with Gasteiger partial charge in [0.15, 0.2) is 0 Å². The van der Waals surface area contributed by atoms with Crippen molar-refractivity contribution in [2.75, 3.05) is 6.54 Å². The first-order valence-corrected chi connectivity index (χ1v) is 8.00. The van der Waals surface area contributed by atoms with Crippen molar-refractivity contribution < 1.29 is 9.59 Å². The van der Waals surface area contributed by atoms with E-state index >= 15 is 0 Å². The van der Waals surface area contributed by atoms with Gasteiger partial charge in [0.2, 0.25) is 5.91 Å². The molecule has 1 aromatic carbocycles. The van der Waals surface area contributed by atoms with Crippen molar-refractivity contribution in [1.29, 1.82) is 0 Å². The van der Waals surface area contributed by atoms with Crippen LogP contribution in [-0.2, 0) is 11.3 Å². The van der Waals surface area contributed by atoms with E-state index in [0.29, 0.717) is 12.1 Å². The maximum absolute atomic E-state index is 12.1. The van der Waals surface area contributed by atoms with Gasteiger partial charge in [0.05, 0.1) is 13.1 Å². The predicted molar refractivity (Wildman–Crippen MR) is 89.2 cm³/mol. The third kappa shape index (κ3) is 4.43. The lowest BCUT2D eigenvalue weighted by molar-refractivity contribution is -0.120. The van der Waals surface area contributed by atoms with Gasteiger partial charge in [-0.1, -0.05) is 17.2 Å². The summed E-state index contributed by atoms with van der Waals surface area (Å²) >= 11 is 1.61. The molecule has 0 aliphatic carbocycles. The summed E-state index contributed by atoms with van der Waals surface area (Å²) in [6.07, 6.45) is 0. The average Bonchev–Trinajstić information content (AvgIpc) is 2.86. The van der Waals surface area contributed by atoms with Gasteiger partial charge in [-0.05, 0) is 49.9 Å². The molecule has 2 amide bonds. The van der Waals surface area contributed by atoms with Gasteiger partial charge in [-0.15, -0.1) is 11.3 Å². The minimum absolute atomic E-state index is 0.0176. The second-order valence-electron chi connectivity index (χ2n) is 5.36. The maximum atomic E-state index is 12.1. The first-order valence-electron chi connectivity index (χ1n) is 7.12. The van der Waals surface area contributed by atoms with Crippen LogP contribution in [0.3, 0.4) is 0 Å². The van der Waals surface area contributed by atoms with Crippen LogP contribution in [0.1, 0.15) is 31.9 Å². The Morgan fingerprint density at radius 1 is 1.05 bits per heavy atom. The number of rotatable bonds is 5. The van der Waals surface area contributed by atoms with E-state index < -0.39 is 0 Å². The number of amides is 2. The topological polar surface area (TPSA) is 58.2 Å². The molecular weight excluding hydrogens is 296 g/mol. The zero-order valence-electron chi connectivity index (χ0n) is 13.0. The van der Waals surface area contributed by atoms with Gasteiger partial charge in [-0.25, -0.2) is 0 Å². The minimum atomic E-state index is -0.228. The van der Waals surface area contributed by atoms with Crippen LogP contribution in [0.25, 0.3) is 0 Å². The van der Waals surface area contributed by atoms with Crippen molar-refractivity contribution in [1.82, 2.24) is 10.6 Å². The van der Waals surface area contributed by atoms with Crippen molar-refractivity contribution >= 4 is 23.2 Å². The summed E-state index contributed by atoms with van der Waals surface area (Å²) in [5.74, 6) is -0.417. The monoisotopic (exact) mass is 316 g/mol. The molecule has 0 saturated carbocycles. The summed E-state index contributed by atoms with van der Waals surface area (Å²) < 4.78 is 0. The van der Waals surface area contributed by atoms with Crippen molar-refractivity contribution in [3.05, 3.63) is 56.8 Å². The van der Waals surface area contributed by atoms with Crippen LogP contribution in [0.2, 0.25) is 0 Å². The van der Waals surface area contributed by atoms with Crippen LogP contribution >= 0.6 is 11.3 Å². The highest BCUT2D eigenvalue weighted by Gasteiger charge is 2.09. The van der Waals surface area contributed by atoms with Gasteiger partial charge in [0.1, 0.15) is 0 Å². The minimum Gasteiger partial charge on any atom is -0.350 e. The van der Waals surface area contributed by atoms with Gasteiger partial charge in [0, 0.05) is 10.4 Å². The summed E-state index contributed by atoms with van der Waals surface area (Å²) in [5, 5.41) is 7.46. The standard InChI is InChI=1S/C17H20N2O2S/c1-11-6-12(2)8-14(7-11)17(21)19-10-16(20)18-9-15-13(3)4-5-22-15/h4-8H,9-10H2,1-3H3,(H,18,20)(H,19,21). The Kier molecular flexibility index (Phi) is 5.33. The summed E-state index contributed by atoms with van der Waals surface area (Å²) in [6.45, 7) is 6.39. The highest BCUT2D eigenvalue weighted by molar-refractivity contribution is 7.10. The fourth-order valence-corrected chi connectivity index (χ4v) is 3.04. The number of nitrogens with one attached hydrogen (secondary N) is 2. The van der Waals surface area contributed by atoms with Gasteiger partial charge < -0.3 is 10.6 Å². The average molecular weight is 316 g/mol. The number of hydrogen-bond acceptors (Lipinski definition) is 3. The lowest BCUT2D eigenvalue weighted by atomic mass is 10.1. The third-order valence-corrected chi connectivity index (χ3v) is 4.33. The molecule has 2 rings (SSSR count). The van der Waals surface area contributed by atoms with Crippen molar-refractivity contribution in [3.8, 4) is 0 Å². The van der Waals surface area contributed by atoms with E-state index in [1.54, 1.807) is 11.3 Å². The first-order chi connectivity index (χ1) is 10.5. The lowest BCUT2D eigenvalue weighted by Crippen LogP contribution is -2.36. The molecule has 1 heterocycles. The van der Waals surface area contributed by atoms with Crippen LogP contribution < -0.4 is 10.6 Å². The van der Waals surface area contributed by atoms with E-state index in [0.717, 1.165) is 16.0 Å². The molecule has 0 atom stereocenters. The molecule has 0 spiro atoms. The number of carbonyl (C=O) groups is 2. The molecular formula is C17H20N2O2S. The summed E-state index contributed by atoms with van der Waals surface area (Å²) in [4.78, 5) is 25.0. The van der Waals surface area contributed by atoms with E-state index in [1.165, 1.54) is 5.56 Å². The van der Waals surface area contributed by atoms with Crippen LogP contribution in [0, 0.1) is 20.8 Å². The van der Waals surface area contributed by atoms with Crippen LogP contribution in [0.15, 0.2) is 29.6 Å². The van der Waals surface area contributed by atoms with Crippen LogP contribution in [0.4, 0.5) is 0 Å². The van der Waals surface area contributed by atoms with E-state index in [2.05, 4.69) is 10.6 Å². The van der Waals surface area contributed by atoms with E-state index in [1.807, 2.05) is 50.4 Å². The van der Waals surface area contributed by atoms with Crippen molar-refractivity contribution in [2.45, 2.75) is 27.3 Å². The Morgan fingerprint density at radius 2 is 1.73 bits per heavy atom. The van der Waals surface area contributed by atoms with E-state index in [9.17, 15) is 9.59 Å². The third-order valence-electron chi connectivity index (χ3n) is 3.31. The molecule has 116 valence electrons. The molecule has 0 fully saturated rings. The number of carbonyl (C=O) groups excluding carboxylic acids is 2. The van der Waals surface area contributed by atoms with Gasteiger partial charge in [0.25, 0.3) is 5.91 Å². The first kappa shape index (κ1) is 16.2. The molecule has 0 aliphatic rings. The number of benzene rings is 1. The number of hydrogen-bond donors (Lipinski definition) is 2. The van der Waals surface area contributed by atoms with Crippen LogP contribution in [-0.4, -0.2) is 18.4 Å². The van der Waals surface area contributed by atoms with Crippen molar-refractivity contribution in [2.24, 2.45) is 0 Å². The highest BCUT2D eigenvalue weighted by Crippen LogP contribution is 2.14. The lowest BCUT2D eigenvalue weighted by Gasteiger charge is -2.08. The normalized spacial score (nSPS) is 10.3. The molecule has 0 bridgehead atoms. The molecule has 5 heteroatoms. The largest absolute Gasteiger partial charge is 0.350 e. The molecule has 4 nitrogen and oxygen atoms in total. The fourth-order valence-electron chi connectivity index (χ4n) is 2.19. The fraction of sp³-hybridized carbons (Fsp3) is 0.294. The molecule has 22 heavy (non-hydrogen) atoms. The second-order valence-corrected chi connectivity index (χ2v) is 6.36. The molecule has 0 unspecified atom stereocenters. The Morgan fingerprint density at radius 3 is 2.32 bits per heavy atom. The zero-order valence-corrected chi connectivity index (χ0v) is 13.8. The molecule has 2 N–H and O–H groups in total. The van der Waals surface area contributed by atoms with Gasteiger partial charge >= 0.3 is 0 Å². The van der Waals surface area contributed by atoms with Crippen molar-refractivity contribution in [3.63, 3.8) is 0 Å². The molecule has 1 aromatic heterocycles. The Labute approximate surface area is 134 Å². The summed E-state index contributed by atoms with van der Waals surface area (Å²) in [6, 6.07) is 7.66. The Hall–Kier alpha value is -2.14. The number of aryl methyl sites for hydroxylation is 3. The predicted octanol–water partition coefficient (Wildman–Crippen LogP) is 2.72. The van der Waals surface area contributed by atoms with E-state index in [4.69, 9.17) is 0 Å². The quantitative estimate of drug-likeness (QED) is 0.891. The Bertz CT molecular complexity index is 671. The second kappa shape index (κ2) is 7.22. The molecule has 2 aromatic rings. The zero-order chi connectivity index (χ0) is 16.1. The SMILES string of the molecule is Cc1cc(C)cc(C(=O)NCC(=O)NCc2sccc2C)c1. The van der Waals surface area contributed by atoms with Crippen LogP contribution in [0.5, 0.6) is 0 Å². The molecule has 0 radical (unpaired) electrons. The maximum Gasteiger partial charge on any atom is 0.251 e. The highest BCUT2D eigenvalue weighted by atomic mass is 32.1. The number of thiophene rings is 1.